The van der Waals surface area contributed by atoms with Crippen LogP contribution in [0.3, 0.4) is 0 Å². The maximum atomic E-state index is 13.2. The van der Waals surface area contributed by atoms with Crippen LogP contribution in [0, 0.1) is 6.92 Å². The zero-order valence-corrected chi connectivity index (χ0v) is 19.0. The van der Waals surface area contributed by atoms with E-state index in [-0.39, 0.29) is 22.6 Å². The monoisotopic (exact) mass is 462 g/mol. The van der Waals surface area contributed by atoms with Crippen molar-refractivity contribution in [1.82, 2.24) is 14.4 Å². The third-order valence-corrected chi connectivity index (χ3v) is 7.71. The summed E-state index contributed by atoms with van der Waals surface area (Å²) in [5.41, 5.74) is 3.14. The Kier molecular flexibility index (Phi) is 5.22. The highest BCUT2D eigenvalue weighted by atomic mass is 32.2. The van der Waals surface area contributed by atoms with Crippen molar-refractivity contribution in [3.8, 4) is 11.3 Å². The Balaban J connectivity index is 1.45. The number of fused-ring (bicyclic) bond motifs is 1. The molecule has 0 spiro atoms. The zero-order valence-electron chi connectivity index (χ0n) is 18.1. The van der Waals surface area contributed by atoms with Crippen molar-refractivity contribution in [3.05, 3.63) is 71.9 Å². The van der Waals surface area contributed by atoms with Gasteiger partial charge in [0.25, 0.3) is 11.6 Å². The van der Waals surface area contributed by atoms with Gasteiger partial charge < -0.3 is 9.84 Å². The van der Waals surface area contributed by atoms with Crippen LogP contribution < -0.4 is 5.32 Å². The molecular weight excluding hydrogens is 440 g/mol. The van der Waals surface area contributed by atoms with E-state index in [2.05, 4.69) is 15.5 Å². The van der Waals surface area contributed by atoms with Crippen LogP contribution in [-0.4, -0.2) is 41.9 Å². The zero-order chi connectivity index (χ0) is 23.2. The fourth-order valence-electron chi connectivity index (χ4n) is 3.74. The van der Waals surface area contributed by atoms with Crippen LogP contribution in [0.25, 0.3) is 22.4 Å². The molecule has 5 rings (SSSR count). The number of aromatic nitrogens is 2. The number of hydrogen-bond acceptors (Lipinski definition) is 6. The van der Waals surface area contributed by atoms with Crippen LogP contribution in [0.4, 0.5) is 5.69 Å². The molecule has 0 saturated heterocycles. The molecule has 1 fully saturated rings. The maximum absolute atomic E-state index is 13.2. The summed E-state index contributed by atoms with van der Waals surface area (Å²) >= 11 is 0. The summed E-state index contributed by atoms with van der Waals surface area (Å²) in [4.78, 5) is 17.9. The molecule has 0 radical (unpaired) electrons. The minimum Gasteiger partial charge on any atom is -0.335 e. The van der Waals surface area contributed by atoms with Crippen LogP contribution >= 0.6 is 0 Å². The lowest BCUT2D eigenvalue weighted by atomic mass is 10.1. The average molecular weight is 463 g/mol. The number of rotatable bonds is 6. The third-order valence-electron chi connectivity index (χ3n) is 5.78. The first-order valence-electron chi connectivity index (χ1n) is 10.6. The molecule has 1 saturated carbocycles. The van der Waals surface area contributed by atoms with E-state index in [1.165, 1.54) is 16.4 Å². The molecule has 0 aliphatic heterocycles. The second-order valence-corrected chi connectivity index (χ2v) is 10.1. The van der Waals surface area contributed by atoms with E-state index in [1.54, 1.807) is 32.2 Å². The summed E-state index contributed by atoms with van der Waals surface area (Å²) in [5.74, 6) is -0.364. The molecule has 2 aromatic carbocycles. The van der Waals surface area contributed by atoms with Gasteiger partial charge in [0.05, 0.1) is 27.2 Å². The molecule has 0 atom stereocenters. The van der Waals surface area contributed by atoms with E-state index in [1.807, 2.05) is 30.3 Å². The number of pyridine rings is 1. The maximum Gasteiger partial charge on any atom is 0.259 e. The molecule has 1 N–H and O–H groups in total. The number of nitrogens with zero attached hydrogens (tertiary/aromatic N) is 3. The van der Waals surface area contributed by atoms with Gasteiger partial charge in [-0.1, -0.05) is 35.5 Å². The fourth-order valence-corrected chi connectivity index (χ4v) is 5.16. The standard InChI is InChI=1S/C24H22N4O4S/c1-15-22-20(14-21(26-24(22)32-27-15)16-6-4-3-5-7-16)23(29)25-17-8-12-19(13-9-17)33(30,31)28(2)18-10-11-18/h3-9,12-14,18H,10-11H2,1-2H3,(H,25,29). The minimum absolute atomic E-state index is 0.0779. The van der Waals surface area contributed by atoms with Gasteiger partial charge in [-0.3, -0.25) is 4.79 Å². The summed E-state index contributed by atoms with van der Waals surface area (Å²) < 4.78 is 32.2. The van der Waals surface area contributed by atoms with Crippen LogP contribution in [0.5, 0.6) is 0 Å². The topological polar surface area (TPSA) is 105 Å². The van der Waals surface area contributed by atoms with Gasteiger partial charge in [-0.05, 0) is 50.1 Å². The van der Waals surface area contributed by atoms with E-state index in [9.17, 15) is 13.2 Å². The summed E-state index contributed by atoms with van der Waals surface area (Å²) in [6, 6.07) is 17.5. The average Bonchev–Trinajstić information content (AvgIpc) is 3.61. The second-order valence-electron chi connectivity index (χ2n) is 8.10. The van der Waals surface area contributed by atoms with Gasteiger partial charge >= 0.3 is 0 Å². The Morgan fingerprint density at radius 3 is 2.45 bits per heavy atom. The minimum atomic E-state index is -3.54. The molecule has 1 aliphatic carbocycles. The fraction of sp³-hybridized carbons (Fsp3) is 0.208. The highest BCUT2D eigenvalue weighted by Crippen LogP contribution is 2.31. The van der Waals surface area contributed by atoms with Gasteiger partial charge in [0, 0.05) is 24.3 Å². The largest absolute Gasteiger partial charge is 0.335 e. The lowest BCUT2D eigenvalue weighted by Gasteiger charge is -2.16. The lowest BCUT2D eigenvalue weighted by Crippen LogP contribution is -2.28. The van der Waals surface area contributed by atoms with E-state index in [0.29, 0.717) is 28.0 Å². The van der Waals surface area contributed by atoms with Gasteiger partial charge in [-0.2, -0.15) is 4.31 Å². The molecule has 9 heteroatoms. The smallest absolute Gasteiger partial charge is 0.259 e. The van der Waals surface area contributed by atoms with E-state index < -0.39 is 10.0 Å². The number of anilines is 1. The molecule has 2 aromatic heterocycles. The normalized spacial score (nSPS) is 14.0. The van der Waals surface area contributed by atoms with Crippen LogP contribution in [-0.2, 0) is 10.0 Å². The van der Waals surface area contributed by atoms with Gasteiger partial charge in [-0.15, -0.1) is 0 Å². The summed E-state index contributed by atoms with van der Waals surface area (Å²) in [5, 5.41) is 7.35. The van der Waals surface area contributed by atoms with Crippen molar-refractivity contribution < 1.29 is 17.7 Å². The number of benzene rings is 2. The number of carbonyl (C=O) groups excluding carboxylic acids is 1. The van der Waals surface area contributed by atoms with E-state index in [4.69, 9.17) is 4.52 Å². The number of carbonyl (C=O) groups is 1. The van der Waals surface area contributed by atoms with E-state index in [0.717, 1.165) is 18.4 Å². The molecule has 1 aliphatic rings. The molecule has 33 heavy (non-hydrogen) atoms. The highest BCUT2D eigenvalue weighted by molar-refractivity contribution is 7.89. The molecule has 4 aromatic rings. The molecule has 0 unspecified atom stereocenters. The van der Waals surface area contributed by atoms with Gasteiger partial charge in [0.2, 0.25) is 10.0 Å². The molecule has 2 heterocycles. The summed E-state index contributed by atoms with van der Waals surface area (Å²) in [6.07, 6.45) is 1.77. The number of aryl methyl sites for hydroxylation is 1. The Morgan fingerprint density at radius 2 is 1.79 bits per heavy atom. The predicted octanol–water partition coefficient (Wildman–Crippen LogP) is 4.23. The number of sulfonamides is 1. The quantitative estimate of drug-likeness (QED) is 0.460. The van der Waals surface area contributed by atoms with Crippen molar-refractivity contribution in [2.24, 2.45) is 0 Å². The Morgan fingerprint density at radius 1 is 1.09 bits per heavy atom. The SMILES string of the molecule is Cc1noc2nc(-c3ccccc3)cc(C(=O)Nc3ccc(S(=O)(=O)N(C)C4CC4)cc3)c12. The molecule has 1 amide bonds. The Labute approximate surface area is 191 Å². The van der Waals surface area contributed by atoms with Crippen LogP contribution in [0.15, 0.2) is 70.1 Å². The van der Waals surface area contributed by atoms with Crippen LogP contribution in [0.2, 0.25) is 0 Å². The molecule has 168 valence electrons. The molecular formula is C24H22N4O4S. The third kappa shape index (κ3) is 4.01. The lowest BCUT2D eigenvalue weighted by molar-refractivity contribution is 0.102. The Bertz CT molecular complexity index is 1440. The van der Waals surface area contributed by atoms with Crippen molar-refractivity contribution in [3.63, 3.8) is 0 Å². The number of nitrogens with one attached hydrogen (secondary N) is 1. The first-order chi connectivity index (χ1) is 15.8. The van der Waals surface area contributed by atoms with Gasteiger partial charge in [0.1, 0.15) is 0 Å². The van der Waals surface area contributed by atoms with Crippen molar-refractivity contribution in [2.45, 2.75) is 30.7 Å². The van der Waals surface area contributed by atoms with Crippen LogP contribution in [0.1, 0.15) is 28.9 Å². The van der Waals surface area contributed by atoms with E-state index >= 15 is 0 Å². The van der Waals surface area contributed by atoms with Gasteiger partial charge in [-0.25, -0.2) is 13.4 Å². The Hall–Kier alpha value is -3.56. The first kappa shape index (κ1) is 21.3. The highest BCUT2D eigenvalue weighted by Gasteiger charge is 2.35. The van der Waals surface area contributed by atoms with Crippen molar-refractivity contribution >= 4 is 32.7 Å². The molecule has 8 nitrogen and oxygen atoms in total. The summed E-state index contributed by atoms with van der Waals surface area (Å²) in [6.45, 7) is 1.75. The summed E-state index contributed by atoms with van der Waals surface area (Å²) in [7, 11) is -1.94. The predicted molar refractivity (Wildman–Crippen MR) is 124 cm³/mol. The molecule has 0 bridgehead atoms. The first-order valence-corrected chi connectivity index (χ1v) is 12.0. The second kappa shape index (κ2) is 8.09. The number of hydrogen-bond donors (Lipinski definition) is 1. The van der Waals surface area contributed by atoms with Crippen molar-refractivity contribution in [1.29, 1.82) is 0 Å². The van der Waals surface area contributed by atoms with Crippen molar-refractivity contribution in [2.75, 3.05) is 12.4 Å². The number of amides is 1. The van der Waals surface area contributed by atoms with Gasteiger partial charge in [0.15, 0.2) is 0 Å².